The van der Waals surface area contributed by atoms with Gasteiger partial charge in [-0.25, -0.2) is 8.42 Å². The second-order valence-electron chi connectivity index (χ2n) is 6.62. The number of hydrogen-bond acceptors (Lipinski definition) is 4. The van der Waals surface area contributed by atoms with Crippen molar-refractivity contribution in [1.29, 1.82) is 0 Å². The lowest BCUT2D eigenvalue weighted by Crippen LogP contribution is -2.28. The van der Waals surface area contributed by atoms with E-state index in [4.69, 9.17) is 11.6 Å². The molecule has 0 aromatic heterocycles. The van der Waals surface area contributed by atoms with Gasteiger partial charge in [0.05, 0.1) is 10.8 Å². The van der Waals surface area contributed by atoms with Crippen molar-refractivity contribution < 1.29 is 18.0 Å². The molecule has 3 rings (SSSR count). The average molecular weight is 407 g/mol. The van der Waals surface area contributed by atoms with Gasteiger partial charge in [0, 0.05) is 35.6 Å². The lowest BCUT2D eigenvalue weighted by Gasteiger charge is -2.17. The molecule has 1 aliphatic heterocycles. The molecule has 8 heteroatoms. The third kappa shape index (κ3) is 4.31. The van der Waals surface area contributed by atoms with E-state index in [2.05, 4.69) is 5.32 Å². The molecule has 0 bridgehead atoms. The van der Waals surface area contributed by atoms with Crippen molar-refractivity contribution in [2.24, 2.45) is 5.92 Å². The number of benzene rings is 2. The van der Waals surface area contributed by atoms with Crippen LogP contribution in [0, 0.1) is 12.8 Å². The van der Waals surface area contributed by atoms with Gasteiger partial charge in [-0.3, -0.25) is 9.59 Å². The lowest BCUT2D eigenvalue weighted by atomic mass is 10.1. The first-order valence-electron chi connectivity index (χ1n) is 8.32. The highest BCUT2D eigenvalue weighted by Crippen LogP contribution is 2.28. The quantitative estimate of drug-likeness (QED) is 0.845. The van der Waals surface area contributed by atoms with Gasteiger partial charge in [-0.15, -0.1) is 0 Å². The Morgan fingerprint density at radius 2 is 1.96 bits per heavy atom. The smallest absolute Gasteiger partial charge is 0.229 e. The number of hydrogen-bond donors (Lipinski definition) is 1. The molecule has 1 fully saturated rings. The van der Waals surface area contributed by atoms with Gasteiger partial charge in [0.1, 0.15) is 0 Å². The molecular weight excluding hydrogens is 388 g/mol. The summed E-state index contributed by atoms with van der Waals surface area (Å²) in [5.41, 5.74) is 1.82. The number of halogens is 1. The molecule has 2 amide bonds. The maximum Gasteiger partial charge on any atom is 0.229 e. The van der Waals surface area contributed by atoms with Crippen LogP contribution >= 0.6 is 11.6 Å². The van der Waals surface area contributed by atoms with Gasteiger partial charge in [0.15, 0.2) is 9.84 Å². The molecule has 142 valence electrons. The highest BCUT2D eigenvalue weighted by Gasteiger charge is 2.35. The average Bonchev–Trinajstić information content (AvgIpc) is 2.98. The molecule has 6 nitrogen and oxygen atoms in total. The van der Waals surface area contributed by atoms with E-state index in [1.807, 2.05) is 0 Å². The highest BCUT2D eigenvalue weighted by atomic mass is 35.5. The number of anilines is 2. The molecule has 1 saturated heterocycles. The number of nitrogens with one attached hydrogen (secondary N) is 1. The summed E-state index contributed by atoms with van der Waals surface area (Å²) in [5.74, 6) is -1.00. The van der Waals surface area contributed by atoms with E-state index >= 15 is 0 Å². The Balaban J connectivity index is 1.77. The zero-order valence-electron chi connectivity index (χ0n) is 14.9. The molecule has 1 unspecified atom stereocenters. The molecule has 1 heterocycles. The van der Waals surface area contributed by atoms with E-state index in [-0.39, 0.29) is 29.7 Å². The standard InChI is InChI=1S/C19H19ClN2O4S/c1-12-6-7-16(27(2,25)26)10-17(12)21-19(24)13-8-18(23)22(11-13)15-5-3-4-14(20)9-15/h3-7,9-10,13H,8,11H2,1-2H3,(H,21,24). The van der Waals surface area contributed by atoms with E-state index in [9.17, 15) is 18.0 Å². The summed E-state index contributed by atoms with van der Waals surface area (Å²) >= 11 is 5.98. The van der Waals surface area contributed by atoms with Crippen LogP contribution in [-0.4, -0.2) is 33.0 Å². The number of sulfone groups is 1. The first-order chi connectivity index (χ1) is 12.6. The molecule has 0 radical (unpaired) electrons. The fourth-order valence-corrected chi connectivity index (χ4v) is 3.81. The highest BCUT2D eigenvalue weighted by molar-refractivity contribution is 7.90. The fourth-order valence-electron chi connectivity index (χ4n) is 2.98. The minimum Gasteiger partial charge on any atom is -0.325 e. The molecule has 2 aromatic rings. The van der Waals surface area contributed by atoms with Crippen molar-refractivity contribution in [2.45, 2.75) is 18.2 Å². The van der Waals surface area contributed by atoms with Gasteiger partial charge in [-0.05, 0) is 42.8 Å². The van der Waals surface area contributed by atoms with Crippen LogP contribution in [0.15, 0.2) is 47.4 Å². The molecule has 0 saturated carbocycles. The summed E-state index contributed by atoms with van der Waals surface area (Å²) in [6.07, 6.45) is 1.20. The summed E-state index contributed by atoms with van der Waals surface area (Å²) in [6.45, 7) is 2.02. The summed E-state index contributed by atoms with van der Waals surface area (Å²) in [4.78, 5) is 26.6. The van der Waals surface area contributed by atoms with E-state index < -0.39 is 15.8 Å². The van der Waals surface area contributed by atoms with Crippen LogP contribution in [0.3, 0.4) is 0 Å². The Hall–Kier alpha value is -2.38. The van der Waals surface area contributed by atoms with Gasteiger partial charge < -0.3 is 10.2 Å². The molecule has 0 spiro atoms. The van der Waals surface area contributed by atoms with Gasteiger partial charge in [-0.2, -0.15) is 0 Å². The van der Waals surface area contributed by atoms with Crippen molar-refractivity contribution in [3.63, 3.8) is 0 Å². The number of carbonyl (C=O) groups is 2. The third-order valence-electron chi connectivity index (χ3n) is 4.51. The largest absolute Gasteiger partial charge is 0.325 e. The van der Waals surface area contributed by atoms with Crippen molar-refractivity contribution in [1.82, 2.24) is 0 Å². The Morgan fingerprint density at radius 1 is 1.22 bits per heavy atom. The van der Waals surface area contributed by atoms with Crippen LogP contribution < -0.4 is 10.2 Å². The van der Waals surface area contributed by atoms with Gasteiger partial charge >= 0.3 is 0 Å². The Bertz CT molecular complexity index is 1020. The molecule has 27 heavy (non-hydrogen) atoms. The second kappa shape index (κ2) is 7.32. The molecule has 1 atom stereocenters. The maximum atomic E-state index is 12.7. The molecule has 1 aliphatic rings. The van der Waals surface area contributed by atoms with Crippen LogP contribution in [0.1, 0.15) is 12.0 Å². The SMILES string of the molecule is Cc1ccc(S(C)(=O)=O)cc1NC(=O)C1CC(=O)N(c2cccc(Cl)c2)C1. The number of carbonyl (C=O) groups excluding carboxylic acids is 2. The number of rotatable bonds is 4. The van der Waals surface area contributed by atoms with Crippen LogP contribution in [-0.2, 0) is 19.4 Å². The van der Waals surface area contributed by atoms with Crippen LogP contribution in [0.2, 0.25) is 5.02 Å². The van der Waals surface area contributed by atoms with Crippen LogP contribution in [0.5, 0.6) is 0 Å². The summed E-state index contributed by atoms with van der Waals surface area (Å²) in [5, 5.41) is 3.28. The van der Waals surface area contributed by atoms with Crippen molar-refractivity contribution in [2.75, 3.05) is 23.0 Å². The lowest BCUT2D eigenvalue weighted by molar-refractivity contribution is -0.122. The Kier molecular flexibility index (Phi) is 5.26. The minimum atomic E-state index is -3.38. The van der Waals surface area contributed by atoms with Crippen molar-refractivity contribution >= 4 is 44.6 Å². The summed E-state index contributed by atoms with van der Waals surface area (Å²) in [6, 6.07) is 11.5. The summed E-state index contributed by atoms with van der Waals surface area (Å²) in [7, 11) is -3.38. The topological polar surface area (TPSA) is 83.5 Å². The maximum absolute atomic E-state index is 12.7. The van der Waals surface area contributed by atoms with Crippen molar-refractivity contribution in [3.05, 3.63) is 53.1 Å². The minimum absolute atomic E-state index is 0.0865. The monoisotopic (exact) mass is 406 g/mol. The van der Waals surface area contributed by atoms with Gasteiger partial charge in [0.2, 0.25) is 11.8 Å². The molecular formula is C19H19ClN2O4S. The molecule has 0 aliphatic carbocycles. The van der Waals surface area contributed by atoms with E-state index in [1.54, 1.807) is 37.3 Å². The number of nitrogens with zero attached hydrogens (tertiary/aromatic N) is 1. The first kappa shape index (κ1) is 19.4. The number of amides is 2. The zero-order valence-corrected chi connectivity index (χ0v) is 16.5. The normalized spacial score (nSPS) is 17.2. The van der Waals surface area contributed by atoms with E-state index in [0.717, 1.165) is 11.8 Å². The molecule has 2 aromatic carbocycles. The first-order valence-corrected chi connectivity index (χ1v) is 10.6. The van der Waals surface area contributed by atoms with Gasteiger partial charge in [-0.1, -0.05) is 23.7 Å². The Morgan fingerprint density at radius 3 is 2.63 bits per heavy atom. The third-order valence-corrected chi connectivity index (χ3v) is 5.86. The second-order valence-corrected chi connectivity index (χ2v) is 9.08. The Labute approximate surface area is 163 Å². The number of aryl methyl sites for hydroxylation is 1. The zero-order chi connectivity index (χ0) is 19.8. The van der Waals surface area contributed by atoms with E-state index in [1.165, 1.54) is 17.0 Å². The van der Waals surface area contributed by atoms with Crippen LogP contribution in [0.25, 0.3) is 0 Å². The molecule has 1 N–H and O–H groups in total. The van der Waals surface area contributed by atoms with Gasteiger partial charge in [0.25, 0.3) is 0 Å². The predicted molar refractivity (Wildman–Crippen MR) is 105 cm³/mol. The van der Waals surface area contributed by atoms with Crippen molar-refractivity contribution in [3.8, 4) is 0 Å². The summed E-state index contributed by atoms with van der Waals surface area (Å²) < 4.78 is 23.5. The van der Waals surface area contributed by atoms with Crippen LogP contribution in [0.4, 0.5) is 11.4 Å². The fraction of sp³-hybridized carbons (Fsp3) is 0.263. The predicted octanol–water partition coefficient (Wildman–Crippen LogP) is 3.04. The van der Waals surface area contributed by atoms with E-state index in [0.29, 0.717) is 16.4 Å².